The van der Waals surface area contributed by atoms with Gasteiger partial charge in [-0.15, -0.1) is 0 Å². The molecule has 0 N–H and O–H groups in total. The fraction of sp³-hybridized carbons (Fsp3) is 0.727. The first-order valence-electron chi connectivity index (χ1n) is 4.82. The van der Waals surface area contributed by atoms with E-state index in [4.69, 9.17) is 0 Å². The van der Waals surface area contributed by atoms with Crippen molar-refractivity contribution in [3.63, 3.8) is 0 Å². The van der Waals surface area contributed by atoms with Crippen molar-refractivity contribution in [2.45, 2.75) is 33.6 Å². The summed E-state index contributed by atoms with van der Waals surface area (Å²) in [6.07, 6.45) is 5.23. The van der Waals surface area contributed by atoms with E-state index in [1.54, 1.807) is 6.08 Å². The van der Waals surface area contributed by atoms with Gasteiger partial charge in [0.15, 0.2) is 0 Å². The van der Waals surface area contributed by atoms with Gasteiger partial charge in [-0.05, 0) is 36.7 Å². The molecule has 1 rings (SSSR count). The Kier molecular flexibility index (Phi) is 3.07. The molecule has 0 bridgehead atoms. The number of allylic oxidation sites excluding steroid dienone is 2. The van der Waals surface area contributed by atoms with Gasteiger partial charge >= 0.3 is 0 Å². The number of aldehydes is 1. The Balaban J connectivity index is 2.77. The van der Waals surface area contributed by atoms with Crippen LogP contribution in [0.1, 0.15) is 33.6 Å². The fourth-order valence-corrected chi connectivity index (χ4v) is 2.21. The monoisotopic (exact) mass is 166 g/mol. The van der Waals surface area contributed by atoms with E-state index in [1.807, 2.05) is 0 Å². The minimum Gasteiger partial charge on any atom is -0.299 e. The lowest BCUT2D eigenvalue weighted by Gasteiger charge is -2.17. The summed E-state index contributed by atoms with van der Waals surface area (Å²) in [5.41, 5.74) is 1.38. The van der Waals surface area contributed by atoms with Crippen LogP contribution in [0.3, 0.4) is 0 Å². The van der Waals surface area contributed by atoms with E-state index in [0.717, 1.165) is 6.29 Å². The van der Waals surface area contributed by atoms with E-state index >= 15 is 0 Å². The van der Waals surface area contributed by atoms with Gasteiger partial charge in [-0.3, -0.25) is 4.79 Å². The quantitative estimate of drug-likeness (QED) is 0.455. The molecule has 1 aliphatic rings. The van der Waals surface area contributed by atoms with Crippen molar-refractivity contribution in [3.8, 4) is 0 Å². The summed E-state index contributed by atoms with van der Waals surface area (Å²) in [5.74, 6) is 1.97. The average molecular weight is 166 g/mol. The van der Waals surface area contributed by atoms with Gasteiger partial charge in [-0.2, -0.15) is 0 Å². The Labute approximate surface area is 74.9 Å². The van der Waals surface area contributed by atoms with Crippen molar-refractivity contribution in [2.75, 3.05) is 0 Å². The van der Waals surface area contributed by atoms with Crippen LogP contribution in [0.15, 0.2) is 11.6 Å². The molecule has 2 atom stereocenters. The van der Waals surface area contributed by atoms with E-state index in [9.17, 15) is 4.79 Å². The molecule has 1 heteroatoms. The lowest BCUT2D eigenvalue weighted by Crippen LogP contribution is -2.07. The molecule has 0 aromatic rings. The van der Waals surface area contributed by atoms with Crippen LogP contribution in [0.25, 0.3) is 0 Å². The van der Waals surface area contributed by atoms with Gasteiger partial charge in [0, 0.05) is 0 Å². The van der Waals surface area contributed by atoms with Crippen molar-refractivity contribution >= 4 is 6.29 Å². The van der Waals surface area contributed by atoms with Crippen molar-refractivity contribution in [1.82, 2.24) is 0 Å². The Bertz CT molecular complexity index is 191. The standard InChI is InChI=1S/C11H18O/c1-8(2)10-5-4-9(3)11(10)6-7-12/h6-10H,4-5H2,1-3H3/b11-6+/t9-,10-/m1/s1. The predicted molar refractivity (Wildman–Crippen MR) is 50.9 cm³/mol. The predicted octanol–water partition coefficient (Wildman–Crippen LogP) is 2.81. The third-order valence-electron chi connectivity index (χ3n) is 2.97. The summed E-state index contributed by atoms with van der Waals surface area (Å²) in [7, 11) is 0. The highest BCUT2D eigenvalue weighted by Gasteiger charge is 2.28. The second-order valence-corrected chi connectivity index (χ2v) is 4.13. The van der Waals surface area contributed by atoms with Crippen LogP contribution >= 0.6 is 0 Å². The molecule has 0 aromatic carbocycles. The first-order valence-corrected chi connectivity index (χ1v) is 4.82. The number of rotatable bonds is 2. The van der Waals surface area contributed by atoms with Crippen LogP contribution in [0.4, 0.5) is 0 Å². The fourth-order valence-electron chi connectivity index (χ4n) is 2.21. The smallest absolute Gasteiger partial charge is 0.142 e. The molecule has 1 saturated carbocycles. The minimum absolute atomic E-state index is 0.627. The summed E-state index contributed by atoms with van der Waals surface area (Å²) in [6, 6.07) is 0. The third kappa shape index (κ3) is 1.77. The third-order valence-corrected chi connectivity index (χ3v) is 2.97. The van der Waals surface area contributed by atoms with Crippen LogP contribution in [-0.2, 0) is 4.79 Å². The van der Waals surface area contributed by atoms with Crippen molar-refractivity contribution in [3.05, 3.63) is 11.6 Å². The van der Waals surface area contributed by atoms with Gasteiger partial charge in [0.25, 0.3) is 0 Å². The maximum Gasteiger partial charge on any atom is 0.142 e. The summed E-state index contributed by atoms with van der Waals surface area (Å²) in [6.45, 7) is 6.69. The van der Waals surface area contributed by atoms with Crippen LogP contribution in [0.5, 0.6) is 0 Å². The molecule has 0 radical (unpaired) electrons. The van der Waals surface area contributed by atoms with Crippen LogP contribution in [0, 0.1) is 17.8 Å². The van der Waals surface area contributed by atoms with Crippen LogP contribution in [-0.4, -0.2) is 6.29 Å². The molecule has 12 heavy (non-hydrogen) atoms. The van der Waals surface area contributed by atoms with E-state index in [0.29, 0.717) is 17.8 Å². The molecule has 1 aliphatic carbocycles. The SMILES string of the molecule is CC(C)[C@H]1CC[C@@H](C)/C1=C\C=O. The van der Waals surface area contributed by atoms with Crippen molar-refractivity contribution < 1.29 is 4.79 Å². The van der Waals surface area contributed by atoms with Gasteiger partial charge in [0.2, 0.25) is 0 Å². The Morgan fingerprint density at radius 1 is 1.42 bits per heavy atom. The second-order valence-electron chi connectivity index (χ2n) is 4.13. The highest BCUT2D eigenvalue weighted by molar-refractivity contribution is 5.66. The molecule has 1 fully saturated rings. The molecule has 0 aliphatic heterocycles. The zero-order valence-corrected chi connectivity index (χ0v) is 8.21. The lowest BCUT2D eigenvalue weighted by atomic mass is 9.88. The Morgan fingerprint density at radius 2 is 2.08 bits per heavy atom. The van der Waals surface area contributed by atoms with E-state index < -0.39 is 0 Å². The van der Waals surface area contributed by atoms with Gasteiger partial charge in [-0.1, -0.05) is 26.3 Å². The van der Waals surface area contributed by atoms with Crippen LogP contribution in [0.2, 0.25) is 0 Å². The average Bonchev–Trinajstić information content (AvgIpc) is 2.34. The second kappa shape index (κ2) is 3.88. The van der Waals surface area contributed by atoms with E-state index in [1.165, 1.54) is 18.4 Å². The normalized spacial score (nSPS) is 33.2. The molecular formula is C11H18O. The number of carbonyl (C=O) groups excluding carboxylic acids is 1. The largest absolute Gasteiger partial charge is 0.299 e. The molecule has 0 unspecified atom stereocenters. The summed E-state index contributed by atoms with van der Waals surface area (Å²) < 4.78 is 0. The molecule has 0 spiro atoms. The van der Waals surface area contributed by atoms with E-state index in [2.05, 4.69) is 20.8 Å². The summed E-state index contributed by atoms with van der Waals surface area (Å²) in [4.78, 5) is 10.4. The summed E-state index contributed by atoms with van der Waals surface area (Å²) in [5, 5.41) is 0. The Morgan fingerprint density at radius 3 is 2.58 bits per heavy atom. The maximum atomic E-state index is 10.4. The molecule has 0 saturated heterocycles. The zero-order chi connectivity index (χ0) is 9.14. The number of carbonyl (C=O) groups is 1. The zero-order valence-electron chi connectivity index (χ0n) is 8.21. The van der Waals surface area contributed by atoms with Gasteiger partial charge in [-0.25, -0.2) is 0 Å². The molecule has 0 aromatic heterocycles. The van der Waals surface area contributed by atoms with Crippen molar-refractivity contribution in [1.29, 1.82) is 0 Å². The molecule has 68 valence electrons. The maximum absolute atomic E-state index is 10.4. The van der Waals surface area contributed by atoms with Crippen molar-refractivity contribution in [2.24, 2.45) is 17.8 Å². The molecule has 0 amide bonds. The molecular weight excluding hydrogens is 148 g/mol. The van der Waals surface area contributed by atoms with Gasteiger partial charge in [0.1, 0.15) is 6.29 Å². The number of hydrogen-bond donors (Lipinski definition) is 0. The highest BCUT2D eigenvalue weighted by Crippen LogP contribution is 2.39. The molecule has 0 heterocycles. The highest BCUT2D eigenvalue weighted by atomic mass is 16.1. The summed E-state index contributed by atoms with van der Waals surface area (Å²) >= 11 is 0. The van der Waals surface area contributed by atoms with E-state index in [-0.39, 0.29) is 0 Å². The number of hydrogen-bond acceptors (Lipinski definition) is 1. The minimum atomic E-state index is 0.627. The molecule has 1 nitrogen and oxygen atoms in total. The van der Waals surface area contributed by atoms with Gasteiger partial charge in [0.05, 0.1) is 0 Å². The Hall–Kier alpha value is -0.590. The topological polar surface area (TPSA) is 17.1 Å². The first-order chi connectivity index (χ1) is 5.66. The van der Waals surface area contributed by atoms with Crippen LogP contribution < -0.4 is 0 Å². The first kappa shape index (κ1) is 9.50. The lowest BCUT2D eigenvalue weighted by molar-refractivity contribution is -0.104. The van der Waals surface area contributed by atoms with Gasteiger partial charge < -0.3 is 0 Å².